The molecule has 2 bridgehead atoms. The number of carbonyl (C=O) groups excluding carboxylic acids is 1. The van der Waals surface area contributed by atoms with Crippen molar-refractivity contribution in [3.8, 4) is 0 Å². The van der Waals surface area contributed by atoms with Gasteiger partial charge in [-0.25, -0.2) is 32.9 Å². The molecule has 0 aliphatic carbocycles. The second-order valence-corrected chi connectivity index (χ2v) is 12.2. The molecule has 228 valence electrons. The number of imidazole rings is 1. The van der Waals surface area contributed by atoms with Crippen LogP contribution in [-0.2, 0) is 36.7 Å². The number of rotatable bonds is 3. The van der Waals surface area contributed by atoms with Crippen molar-refractivity contribution in [1.29, 1.82) is 0 Å². The molecule has 3 fully saturated rings. The van der Waals surface area contributed by atoms with Gasteiger partial charge in [-0.1, -0.05) is 0 Å². The molecule has 0 radical (unpaired) electrons. The van der Waals surface area contributed by atoms with Gasteiger partial charge in [0.1, 0.15) is 48.1 Å². The summed E-state index contributed by atoms with van der Waals surface area (Å²) in [6.07, 6.45) is -12.4. The molecule has 3 saturated heterocycles. The fourth-order valence-electron chi connectivity index (χ4n) is 4.76. The molecule has 3 aliphatic rings. The Balaban J connectivity index is 1.29. The number of hydrogen-bond donors (Lipinski definition) is 5. The molecule has 3 aliphatic heterocycles. The maximum absolute atomic E-state index is 15.8. The molecular weight excluding hydrogens is 616 g/mol. The maximum atomic E-state index is 15.8. The molecule has 19 nitrogen and oxygen atoms in total. The molecule has 6 rings (SSSR count). The zero-order valence-electron chi connectivity index (χ0n) is 20.9. The summed E-state index contributed by atoms with van der Waals surface area (Å²) >= 11 is 0. The number of alkyl halides is 2. The van der Waals surface area contributed by atoms with Gasteiger partial charge in [0.15, 0.2) is 30.0 Å². The number of H-pyrrole nitrogens is 1. The van der Waals surface area contributed by atoms with Crippen LogP contribution in [0.1, 0.15) is 28.5 Å². The molecule has 10 atom stereocenters. The first-order chi connectivity index (χ1) is 19.8. The van der Waals surface area contributed by atoms with E-state index in [0.29, 0.717) is 0 Å². The van der Waals surface area contributed by atoms with Crippen LogP contribution in [0.5, 0.6) is 0 Å². The molecule has 3 aromatic heterocycles. The van der Waals surface area contributed by atoms with Gasteiger partial charge in [-0.3, -0.25) is 32.6 Å². The van der Waals surface area contributed by atoms with Crippen LogP contribution >= 0.6 is 15.6 Å². The second-order valence-electron chi connectivity index (χ2n) is 9.37. The number of nitrogens with one attached hydrogen (secondary N) is 1. The van der Waals surface area contributed by atoms with Gasteiger partial charge in [0.2, 0.25) is 0 Å². The number of hydrogen-bond acceptors (Lipinski definition) is 14. The van der Waals surface area contributed by atoms with E-state index in [1.807, 2.05) is 0 Å². The van der Waals surface area contributed by atoms with Crippen molar-refractivity contribution in [3.05, 3.63) is 30.1 Å². The molecule has 0 saturated carbocycles. The van der Waals surface area contributed by atoms with Gasteiger partial charge in [0.25, 0.3) is 5.91 Å². The van der Waals surface area contributed by atoms with Crippen molar-refractivity contribution in [2.75, 3.05) is 18.9 Å². The van der Waals surface area contributed by atoms with Gasteiger partial charge in [0.05, 0.1) is 25.2 Å². The van der Waals surface area contributed by atoms with E-state index in [4.69, 9.17) is 39.0 Å². The molecule has 7 N–H and O–H groups in total. The van der Waals surface area contributed by atoms with Gasteiger partial charge in [0, 0.05) is 0 Å². The van der Waals surface area contributed by atoms with Crippen LogP contribution in [0.2, 0.25) is 0 Å². The molecule has 23 heteroatoms. The first-order valence-corrected chi connectivity index (χ1v) is 15.0. The number of phosphoric acid groups is 2. The zero-order chi connectivity index (χ0) is 30.0. The number of primary amides is 1. The summed E-state index contributed by atoms with van der Waals surface area (Å²) in [5, 5.41) is 6.04. The molecule has 1 amide bonds. The molecule has 42 heavy (non-hydrogen) atoms. The second kappa shape index (κ2) is 10.6. The highest BCUT2D eigenvalue weighted by molar-refractivity contribution is 7.47. The van der Waals surface area contributed by atoms with Crippen LogP contribution in [0, 0.1) is 0 Å². The van der Waals surface area contributed by atoms with Crippen molar-refractivity contribution in [3.63, 3.8) is 0 Å². The summed E-state index contributed by atoms with van der Waals surface area (Å²) in [6, 6.07) is 1.10. The third-order valence-electron chi connectivity index (χ3n) is 6.69. The van der Waals surface area contributed by atoms with E-state index in [1.54, 1.807) is 0 Å². The molecular formula is C19H22F2N8O11P2. The Morgan fingerprint density at radius 2 is 1.71 bits per heavy atom. The summed E-state index contributed by atoms with van der Waals surface area (Å²) in [6.45, 7) is -1.88. The number of nitrogens with two attached hydrogens (primary N) is 2. The van der Waals surface area contributed by atoms with Crippen LogP contribution < -0.4 is 11.5 Å². The van der Waals surface area contributed by atoms with E-state index >= 15 is 8.78 Å². The topological polar surface area (TPSA) is 271 Å². The number of aromatic amines is 1. The third-order valence-corrected chi connectivity index (χ3v) is 8.66. The number of carbonyl (C=O) groups is 1. The van der Waals surface area contributed by atoms with Gasteiger partial charge >= 0.3 is 15.6 Å². The lowest BCUT2D eigenvalue weighted by Crippen LogP contribution is -2.34. The van der Waals surface area contributed by atoms with Gasteiger partial charge in [-0.05, 0) is 6.07 Å². The molecule has 2 unspecified atom stereocenters. The van der Waals surface area contributed by atoms with Crippen LogP contribution in [0.4, 0.5) is 14.6 Å². The summed E-state index contributed by atoms with van der Waals surface area (Å²) in [5.41, 5.74) is 10.8. The number of nitrogen functional groups attached to an aromatic ring is 1. The Labute approximate surface area is 232 Å². The highest BCUT2D eigenvalue weighted by atomic mass is 31.2. The van der Waals surface area contributed by atoms with Crippen molar-refractivity contribution in [2.45, 2.75) is 49.1 Å². The summed E-state index contributed by atoms with van der Waals surface area (Å²) in [5.74, 6) is -0.945. The van der Waals surface area contributed by atoms with E-state index in [-0.39, 0.29) is 28.4 Å². The van der Waals surface area contributed by atoms with Crippen molar-refractivity contribution >= 4 is 38.5 Å². The number of anilines is 1. The number of fused-ring (bicyclic) bond motifs is 4. The van der Waals surface area contributed by atoms with Crippen LogP contribution in [0.25, 0.3) is 11.2 Å². The average Bonchev–Trinajstić information content (AvgIpc) is 3.69. The Hall–Kier alpha value is -2.97. The summed E-state index contributed by atoms with van der Waals surface area (Å²) in [4.78, 5) is 44.1. The average molecular weight is 638 g/mol. The molecule has 6 heterocycles. The van der Waals surface area contributed by atoms with Crippen molar-refractivity contribution in [2.24, 2.45) is 5.73 Å². The van der Waals surface area contributed by atoms with E-state index in [9.17, 15) is 23.7 Å². The number of nitrogens with zero attached hydrogens (tertiary/aromatic N) is 5. The lowest BCUT2D eigenvalue weighted by Gasteiger charge is -2.24. The zero-order valence-corrected chi connectivity index (χ0v) is 22.7. The Kier molecular flexibility index (Phi) is 7.37. The highest BCUT2D eigenvalue weighted by Gasteiger charge is 2.55. The maximum Gasteiger partial charge on any atom is 0.472 e. The fourth-order valence-corrected chi connectivity index (χ4v) is 6.65. The monoisotopic (exact) mass is 638 g/mol. The van der Waals surface area contributed by atoms with E-state index in [2.05, 4.69) is 25.1 Å². The number of aromatic nitrogens is 6. The number of amides is 1. The molecule has 0 spiro atoms. The largest absolute Gasteiger partial charge is 0.472 e. The number of ether oxygens (including phenoxy) is 2. The first-order valence-electron chi connectivity index (χ1n) is 12.0. The van der Waals surface area contributed by atoms with Gasteiger partial charge < -0.3 is 30.7 Å². The Morgan fingerprint density at radius 3 is 2.40 bits per heavy atom. The van der Waals surface area contributed by atoms with Crippen LogP contribution in [0.3, 0.4) is 0 Å². The normalized spacial score (nSPS) is 39.3. The minimum atomic E-state index is -5.17. The number of halogens is 2. The minimum absolute atomic E-state index is 0.0109. The van der Waals surface area contributed by atoms with Gasteiger partial charge in [-0.2, -0.15) is 5.10 Å². The standard InChI is InChI=1S/C19H22F2N8O11P2/c20-10-8-2-35-41(31,32)39-14-9(38-19(11(14)21)29-5-26-12-16(22)24-4-25-18(12)29)3-36-42(33,34)40-15(10)13(37-8)6-1-7(17(23)30)28-27-6/h1,4-5,8-11,13-15,19H,2-3H2,(H2,23,30)(H,27,28)(H,31,32)(H,33,34)(H2,22,24,25)/t8-,9-,10-,11-,13+,14-,15-,19-/m1/s1. The Bertz CT molecular complexity index is 1610. The predicted molar refractivity (Wildman–Crippen MR) is 129 cm³/mol. The van der Waals surface area contributed by atoms with Crippen LogP contribution in [-0.4, -0.2) is 95.4 Å². The highest BCUT2D eigenvalue weighted by Crippen LogP contribution is 2.54. The van der Waals surface area contributed by atoms with Gasteiger partial charge in [-0.15, -0.1) is 0 Å². The summed E-state index contributed by atoms with van der Waals surface area (Å²) in [7, 11) is -10.3. The quantitative estimate of drug-likeness (QED) is 0.235. The van der Waals surface area contributed by atoms with E-state index in [1.165, 1.54) is 0 Å². The fraction of sp³-hybridized carbons (Fsp3) is 0.526. The lowest BCUT2D eigenvalue weighted by molar-refractivity contribution is -0.0554. The lowest BCUT2D eigenvalue weighted by atomic mass is 10.1. The molecule has 3 aromatic rings. The summed E-state index contributed by atoms with van der Waals surface area (Å²) < 4.78 is 89.3. The van der Waals surface area contributed by atoms with Crippen molar-refractivity contribution < 1.29 is 60.1 Å². The van der Waals surface area contributed by atoms with Crippen LogP contribution in [0.15, 0.2) is 18.7 Å². The minimum Gasteiger partial charge on any atom is -0.382 e. The van der Waals surface area contributed by atoms with E-state index < -0.39 is 83.9 Å². The van der Waals surface area contributed by atoms with E-state index in [0.717, 1.165) is 23.3 Å². The Morgan fingerprint density at radius 1 is 1.02 bits per heavy atom. The van der Waals surface area contributed by atoms with Crippen molar-refractivity contribution in [1.82, 2.24) is 29.7 Å². The first kappa shape index (κ1) is 29.1. The smallest absolute Gasteiger partial charge is 0.382 e. The predicted octanol–water partition coefficient (Wildman–Crippen LogP) is -0.0378. The third kappa shape index (κ3) is 5.32. The number of phosphoric ester groups is 2. The SMILES string of the molecule is NC(=O)c1cc([C@@H]2O[C@@H]3COP(=O)(O)O[C@H]4[C@@H](F)[C@H](n5cnc6c(N)ncnc65)O[C@@H]4COP(=O)(O)O[C@@H]2[C@@H]3F)[nH]n1. The molecule has 0 aromatic carbocycles.